The lowest BCUT2D eigenvalue weighted by molar-refractivity contribution is -0.112. The molecular weight excluding hydrogens is 480 g/mol. The van der Waals surface area contributed by atoms with Gasteiger partial charge in [0.1, 0.15) is 12.4 Å². The molecule has 1 aromatic heterocycles. The van der Waals surface area contributed by atoms with Crippen LogP contribution in [0, 0.1) is 0 Å². The highest BCUT2D eigenvalue weighted by atomic mass is 16.5. The van der Waals surface area contributed by atoms with E-state index in [1.165, 1.54) is 5.56 Å². The number of carbonyl (C=O) groups is 1. The molecule has 2 heterocycles. The Morgan fingerprint density at radius 3 is 2.26 bits per heavy atom. The molecule has 194 valence electrons. The van der Waals surface area contributed by atoms with Crippen molar-refractivity contribution in [3.63, 3.8) is 0 Å². The quantitative estimate of drug-likeness (QED) is 0.215. The number of amides is 1. The van der Waals surface area contributed by atoms with E-state index in [1.54, 1.807) is 4.90 Å². The Morgan fingerprint density at radius 1 is 0.795 bits per heavy atom. The number of hydrogen-bond donors (Lipinski definition) is 0. The lowest BCUT2D eigenvalue weighted by atomic mass is 9.87. The van der Waals surface area contributed by atoms with Gasteiger partial charge in [-0.1, -0.05) is 87.5 Å². The van der Waals surface area contributed by atoms with Crippen LogP contribution in [0.4, 0.5) is 11.4 Å². The highest BCUT2D eigenvalue weighted by Gasteiger charge is 2.33. The van der Waals surface area contributed by atoms with Crippen LogP contribution in [0.1, 0.15) is 37.5 Å². The monoisotopic (exact) mass is 512 g/mol. The van der Waals surface area contributed by atoms with Gasteiger partial charge in [-0.15, -0.1) is 0 Å². The third kappa shape index (κ3) is 4.74. The number of rotatable bonds is 6. The van der Waals surface area contributed by atoms with Gasteiger partial charge in [0.2, 0.25) is 0 Å². The van der Waals surface area contributed by atoms with Crippen LogP contribution in [-0.4, -0.2) is 17.1 Å². The van der Waals surface area contributed by atoms with Crippen molar-refractivity contribution in [2.75, 3.05) is 11.5 Å². The first-order chi connectivity index (χ1) is 18.9. The minimum atomic E-state index is -0.0127. The second kappa shape index (κ2) is 9.95. The summed E-state index contributed by atoms with van der Waals surface area (Å²) < 4.78 is 8.31. The lowest BCUT2D eigenvalue weighted by Gasteiger charge is -2.19. The normalized spacial score (nSPS) is 14.3. The van der Waals surface area contributed by atoms with E-state index in [-0.39, 0.29) is 11.3 Å². The number of anilines is 2. The Balaban J connectivity index is 1.29. The van der Waals surface area contributed by atoms with Gasteiger partial charge in [-0.2, -0.15) is 0 Å². The average molecular weight is 513 g/mol. The molecule has 0 atom stereocenters. The van der Waals surface area contributed by atoms with Crippen LogP contribution in [0.15, 0.2) is 109 Å². The fraction of sp³-hybridized carbons (Fsp3) is 0.171. The molecule has 5 aromatic rings. The number of benzene rings is 4. The number of fused-ring (bicyclic) bond motifs is 2. The Hall–Kier alpha value is -4.57. The summed E-state index contributed by atoms with van der Waals surface area (Å²) in [5.74, 6) is 0.859. The van der Waals surface area contributed by atoms with E-state index in [2.05, 4.69) is 61.9 Å². The smallest absolute Gasteiger partial charge is 0.263 e. The number of para-hydroxylation sites is 3. The fourth-order valence-corrected chi connectivity index (χ4v) is 5.26. The summed E-state index contributed by atoms with van der Waals surface area (Å²) in [6.07, 6.45) is 4.17. The van der Waals surface area contributed by atoms with Crippen LogP contribution in [0.2, 0.25) is 0 Å². The Labute approximate surface area is 229 Å². The van der Waals surface area contributed by atoms with Crippen molar-refractivity contribution in [1.29, 1.82) is 0 Å². The van der Waals surface area contributed by atoms with Crippen molar-refractivity contribution in [1.82, 2.24) is 4.57 Å². The number of carbonyl (C=O) groups excluding carboxylic acids is 1. The van der Waals surface area contributed by atoms with E-state index in [4.69, 9.17) is 4.74 Å². The van der Waals surface area contributed by atoms with Gasteiger partial charge >= 0.3 is 0 Å². The van der Waals surface area contributed by atoms with Crippen molar-refractivity contribution in [2.24, 2.45) is 0 Å². The molecule has 4 nitrogen and oxygen atoms in total. The molecule has 4 aromatic carbocycles. The van der Waals surface area contributed by atoms with Gasteiger partial charge < -0.3 is 9.30 Å². The van der Waals surface area contributed by atoms with E-state index >= 15 is 0 Å². The molecule has 4 heteroatoms. The van der Waals surface area contributed by atoms with Crippen molar-refractivity contribution >= 4 is 39.8 Å². The van der Waals surface area contributed by atoms with Gasteiger partial charge in [0.15, 0.2) is 0 Å². The third-order valence-electron chi connectivity index (χ3n) is 7.32. The number of ether oxygens (including phenoxy) is 1. The SMILES string of the molecule is CC(C)(C)c1ccc(OCCn2cc(/C=C3/C(=O)N(c4ccccc4)c4ccccc43)c3ccccc32)cc1. The summed E-state index contributed by atoms with van der Waals surface area (Å²) in [6, 6.07) is 34.5. The standard InChI is InChI=1S/C35H32N2O2/c1-35(2,3)26-17-19-28(20-18-26)39-22-21-36-24-25(29-13-7-9-15-32(29)36)23-31-30-14-8-10-16-33(30)37(34(31)38)27-11-5-4-6-12-27/h4-20,23-24H,21-22H2,1-3H3/b31-23+. The molecule has 0 unspecified atom stereocenters. The van der Waals surface area contributed by atoms with Gasteiger partial charge in [0, 0.05) is 33.9 Å². The molecule has 6 rings (SSSR count). The highest BCUT2D eigenvalue weighted by Crippen LogP contribution is 2.42. The summed E-state index contributed by atoms with van der Waals surface area (Å²) >= 11 is 0. The zero-order chi connectivity index (χ0) is 27.0. The molecule has 1 amide bonds. The third-order valence-corrected chi connectivity index (χ3v) is 7.32. The summed E-state index contributed by atoms with van der Waals surface area (Å²) in [7, 11) is 0. The molecular formula is C35H32N2O2. The molecule has 1 aliphatic heterocycles. The summed E-state index contributed by atoms with van der Waals surface area (Å²) in [5, 5.41) is 1.11. The maximum absolute atomic E-state index is 13.8. The highest BCUT2D eigenvalue weighted by molar-refractivity contribution is 6.38. The fourth-order valence-electron chi connectivity index (χ4n) is 5.26. The van der Waals surface area contributed by atoms with Gasteiger partial charge in [0.05, 0.1) is 17.8 Å². The molecule has 1 aliphatic rings. The van der Waals surface area contributed by atoms with E-state index in [0.29, 0.717) is 18.7 Å². The van der Waals surface area contributed by atoms with Gasteiger partial charge in [-0.25, -0.2) is 0 Å². The van der Waals surface area contributed by atoms with Crippen molar-refractivity contribution in [3.05, 3.63) is 126 Å². The zero-order valence-corrected chi connectivity index (χ0v) is 22.6. The molecule has 0 bridgehead atoms. The number of hydrogen-bond acceptors (Lipinski definition) is 2. The van der Waals surface area contributed by atoms with Gasteiger partial charge in [-0.3, -0.25) is 9.69 Å². The lowest BCUT2D eigenvalue weighted by Crippen LogP contribution is -2.20. The predicted octanol–water partition coefficient (Wildman–Crippen LogP) is 8.24. The first-order valence-electron chi connectivity index (χ1n) is 13.4. The molecule has 0 aliphatic carbocycles. The largest absolute Gasteiger partial charge is 0.492 e. The maximum atomic E-state index is 13.8. The average Bonchev–Trinajstić information content (AvgIpc) is 3.43. The van der Waals surface area contributed by atoms with Crippen LogP contribution in [0.25, 0.3) is 22.6 Å². The van der Waals surface area contributed by atoms with E-state index in [0.717, 1.165) is 39.2 Å². The summed E-state index contributed by atoms with van der Waals surface area (Å²) in [6.45, 7) is 7.88. The van der Waals surface area contributed by atoms with Crippen LogP contribution in [0.5, 0.6) is 5.75 Å². The first-order valence-corrected chi connectivity index (χ1v) is 13.4. The van der Waals surface area contributed by atoms with Crippen LogP contribution in [-0.2, 0) is 16.8 Å². The van der Waals surface area contributed by atoms with Gasteiger partial charge in [-0.05, 0) is 53.5 Å². The van der Waals surface area contributed by atoms with Crippen molar-refractivity contribution < 1.29 is 9.53 Å². The van der Waals surface area contributed by atoms with Crippen molar-refractivity contribution in [2.45, 2.75) is 32.7 Å². The molecule has 0 N–H and O–H groups in total. The second-order valence-electron chi connectivity index (χ2n) is 11.0. The van der Waals surface area contributed by atoms with Gasteiger partial charge in [0.25, 0.3) is 5.91 Å². The van der Waals surface area contributed by atoms with Crippen LogP contribution < -0.4 is 9.64 Å². The molecule has 0 radical (unpaired) electrons. The minimum absolute atomic E-state index is 0.0127. The molecule has 39 heavy (non-hydrogen) atoms. The Morgan fingerprint density at radius 2 is 1.49 bits per heavy atom. The molecule has 0 fully saturated rings. The van der Waals surface area contributed by atoms with Crippen LogP contribution >= 0.6 is 0 Å². The Bertz CT molecular complexity index is 1670. The number of aromatic nitrogens is 1. The van der Waals surface area contributed by atoms with Crippen molar-refractivity contribution in [3.8, 4) is 5.75 Å². The first kappa shape index (κ1) is 24.7. The maximum Gasteiger partial charge on any atom is 0.263 e. The zero-order valence-electron chi connectivity index (χ0n) is 22.6. The second-order valence-corrected chi connectivity index (χ2v) is 11.0. The topological polar surface area (TPSA) is 34.5 Å². The summed E-state index contributed by atoms with van der Waals surface area (Å²) in [5.41, 5.74) is 6.98. The minimum Gasteiger partial charge on any atom is -0.492 e. The Kier molecular flexibility index (Phi) is 6.32. The van der Waals surface area contributed by atoms with E-state index < -0.39 is 0 Å². The van der Waals surface area contributed by atoms with E-state index in [1.807, 2.05) is 78.9 Å². The molecule has 0 saturated carbocycles. The molecule has 0 saturated heterocycles. The summed E-state index contributed by atoms with van der Waals surface area (Å²) in [4.78, 5) is 15.6. The molecule has 0 spiro atoms. The predicted molar refractivity (Wildman–Crippen MR) is 160 cm³/mol. The van der Waals surface area contributed by atoms with E-state index in [9.17, 15) is 4.79 Å². The number of nitrogens with zero attached hydrogens (tertiary/aromatic N) is 2. The van der Waals surface area contributed by atoms with Crippen LogP contribution in [0.3, 0.4) is 0 Å².